The third-order valence-electron chi connectivity index (χ3n) is 5.34. The Hall–Kier alpha value is -3.16. The van der Waals surface area contributed by atoms with Crippen LogP contribution in [0.3, 0.4) is 0 Å². The molecule has 0 radical (unpaired) electrons. The van der Waals surface area contributed by atoms with Crippen molar-refractivity contribution in [2.24, 2.45) is 0 Å². The number of hydrogen-bond donors (Lipinski definition) is 0. The van der Waals surface area contributed by atoms with Gasteiger partial charge in [-0.05, 0) is 31.2 Å². The molecule has 0 unspecified atom stereocenters. The van der Waals surface area contributed by atoms with Gasteiger partial charge in [0, 0.05) is 44.7 Å². The Morgan fingerprint density at radius 3 is 2.43 bits per heavy atom. The Morgan fingerprint density at radius 2 is 1.83 bits per heavy atom. The van der Waals surface area contributed by atoms with Crippen molar-refractivity contribution in [2.75, 3.05) is 51.3 Å². The Kier molecular flexibility index (Phi) is 7.21. The van der Waals surface area contributed by atoms with Gasteiger partial charge in [-0.1, -0.05) is 19.1 Å². The van der Waals surface area contributed by atoms with E-state index in [4.69, 9.17) is 4.74 Å². The lowest BCUT2D eigenvalue weighted by atomic mass is 10.1. The first-order valence-corrected chi connectivity index (χ1v) is 10.3. The molecule has 1 aromatic heterocycles. The molecule has 0 saturated carbocycles. The number of hydrogen-bond acceptors (Lipinski definition) is 6. The van der Waals surface area contributed by atoms with Crippen molar-refractivity contribution in [1.29, 1.82) is 0 Å². The number of methoxy groups -OCH3 is 1. The lowest BCUT2D eigenvalue weighted by Gasteiger charge is -2.36. The molecule has 2 heterocycles. The summed E-state index contributed by atoms with van der Waals surface area (Å²) in [5.41, 5.74) is 1.73. The highest BCUT2D eigenvalue weighted by molar-refractivity contribution is 5.84. The molecule has 1 fully saturated rings. The van der Waals surface area contributed by atoms with Crippen molar-refractivity contribution in [1.82, 2.24) is 20.0 Å². The largest absolute Gasteiger partial charge is 0.497 e. The number of carbonyl (C=O) groups excluding carboxylic acids is 2. The number of amides is 2. The molecular formula is C22H29N5O3. The molecule has 1 aliphatic rings. The number of anilines is 1. The van der Waals surface area contributed by atoms with Crippen LogP contribution in [0.5, 0.6) is 5.75 Å². The zero-order chi connectivity index (χ0) is 21.5. The molecular weight excluding hydrogens is 382 g/mol. The summed E-state index contributed by atoms with van der Waals surface area (Å²) in [4.78, 5) is 30.0. The van der Waals surface area contributed by atoms with Crippen molar-refractivity contribution in [3.8, 4) is 17.0 Å². The van der Waals surface area contributed by atoms with Gasteiger partial charge in [0.05, 0.1) is 19.3 Å². The van der Waals surface area contributed by atoms with Gasteiger partial charge in [-0.3, -0.25) is 9.59 Å². The van der Waals surface area contributed by atoms with Crippen LogP contribution in [0.2, 0.25) is 0 Å². The number of benzene rings is 1. The number of carbonyl (C=O) groups is 2. The number of piperazine rings is 1. The van der Waals surface area contributed by atoms with Crippen molar-refractivity contribution in [3.63, 3.8) is 0 Å². The van der Waals surface area contributed by atoms with Crippen LogP contribution in [0.15, 0.2) is 36.4 Å². The quantitative estimate of drug-likeness (QED) is 0.694. The van der Waals surface area contributed by atoms with E-state index in [2.05, 4.69) is 15.1 Å². The van der Waals surface area contributed by atoms with Crippen LogP contribution in [0.25, 0.3) is 11.3 Å². The topological polar surface area (TPSA) is 78.9 Å². The van der Waals surface area contributed by atoms with E-state index >= 15 is 0 Å². The van der Waals surface area contributed by atoms with Gasteiger partial charge in [-0.25, -0.2) is 0 Å². The van der Waals surface area contributed by atoms with E-state index in [1.807, 2.05) is 55.1 Å². The molecule has 0 spiro atoms. The Labute approximate surface area is 177 Å². The molecule has 30 heavy (non-hydrogen) atoms. The monoisotopic (exact) mass is 411 g/mol. The second-order valence-corrected chi connectivity index (χ2v) is 7.14. The third-order valence-corrected chi connectivity index (χ3v) is 5.34. The van der Waals surface area contributed by atoms with Crippen LogP contribution in [0.4, 0.5) is 5.82 Å². The molecule has 1 saturated heterocycles. The average molecular weight is 412 g/mol. The summed E-state index contributed by atoms with van der Waals surface area (Å²) in [6.07, 6.45) is 0.416. The fourth-order valence-electron chi connectivity index (χ4n) is 3.48. The fourth-order valence-corrected chi connectivity index (χ4v) is 3.48. The van der Waals surface area contributed by atoms with Gasteiger partial charge in [-0.15, -0.1) is 10.2 Å². The van der Waals surface area contributed by atoms with E-state index in [1.165, 1.54) is 0 Å². The summed E-state index contributed by atoms with van der Waals surface area (Å²) >= 11 is 0. The minimum Gasteiger partial charge on any atom is -0.497 e. The molecule has 2 aromatic rings. The molecule has 0 atom stereocenters. The molecule has 160 valence electrons. The molecule has 1 aliphatic heterocycles. The first-order chi connectivity index (χ1) is 14.5. The zero-order valence-electron chi connectivity index (χ0n) is 17.9. The maximum atomic E-state index is 12.6. The zero-order valence-corrected chi connectivity index (χ0v) is 17.9. The molecule has 1 aromatic carbocycles. The number of rotatable bonds is 7. The Bertz CT molecular complexity index is 863. The number of nitrogens with zero attached hydrogens (tertiary/aromatic N) is 5. The number of aromatic nitrogens is 2. The van der Waals surface area contributed by atoms with E-state index in [0.29, 0.717) is 39.1 Å². The third kappa shape index (κ3) is 5.06. The highest BCUT2D eigenvalue weighted by atomic mass is 16.5. The smallest absolute Gasteiger partial charge is 0.242 e. The predicted octanol–water partition coefficient (Wildman–Crippen LogP) is 2.06. The number of likely N-dealkylation sites (N-methyl/N-ethyl adjacent to an activating group) is 1. The van der Waals surface area contributed by atoms with Gasteiger partial charge in [-0.2, -0.15) is 0 Å². The van der Waals surface area contributed by atoms with Crippen molar-refractivity contribution in [2.45, 2.75) is 20.3 Å². The Morgan fingerprint density at radius 1 is 1.07 bits per heavy atom. The minimum absolute atomic E-state index is 0.00208. The van der Waals surface area contributed by atoms with Crippen LogP contribution in [-0.2, 0) is 9.59 Å². The summed E-state index contributed by atoms with van der Waals surface area (Å²) in [5, 5.41) is 8.74. The summed E-state index contributed by atoms with van der Waals surface area (Å²) in [6.45, 7) is 7.00. The van der Waals surface area contributed by atoms with Crippen molar-refractivity contribution in [3.05, 3.63) is 36.4 Å². The SMILES string of the molecule is CCC(=O)N(CC)CC(=O)N1CCN(c2ccc(-c3cccc(OC)c3)nn2)CC1. The molecule has 8 nitrogen and oxygen atoms in total. The molecule has 0 N–H and O–H groups in total. The van der Waals surface area contributed by atoms with Gasteiger partial charge in [0.1, 0.15) is 5.75 Å². The summed E-state index contributed by atoms with van der Waals surface area (Å²) in [5.74, 6) is 1.58. The maximum Gasteiger partial charge on any atom is 0.242 e. The normalized spacial score (nSPS) is 13.8. The van der Waals surface area contributed by atoms with Crippen LogP contribution in [0, 0.1) is 0 Å². The van der Waals surface area contributed by atoms with E-state index in [9.17, 15) is 9.59 Å². The lowest BCUT2D eigenvalue weighted by molar-refractivity contribution is -0.140. The fraction of sp³-hybridized carbons (Fsp3) is 0.455. The molecule has 2 amide bonds. The first kappa shape index (κ1) is 21.5. The predicted molar refractivity (Wildman–Crippen MR) is 115 cm³/mol. The molecule has 8 heteroatoms. The summed E-state index contributed by atoms with van der Waals surface area (Å²) in [7, 11) is 1.64. The second-order valence-electron chi connectivity index (χ2n) is 7.14. The van der Waals surface area contributed by atoms with Gasteiger partial charge in [0.25, 0.3) is 0 Å². The summed E-state index contributed by atoms with van der Waals surface area (Å²) < 4.78 is 5.26. The Balaban J connectivity index is 1.57. The highest BCUT2D eigenvalue weighted by Crippen LogP contribution is 2.23. The van der Waals surface area contributed by atoms with Crippen LogP contribution in [0.1, 0.15) is 20.3 Å². The van der Waals surface area contributed by atoms with Crippen LogP contribution >= 0.6 is 0 Å². The lowest BCUT2D eigenvalue weighted by Crippen LogP contribution is -2.52. The van der Waals surface area contributed by atoms with Gasteiger partial charge < -0.3 is 19.4 Å². The van der Waals surface area contributed by atoms with Crippen LogP contribution in [-0.4, -0.2) is 78.2 Å². The van der Waals surface area contributed by atoms with Crippen molar-refractivity contribution < 1.29 is 14.3 Å². The van der Waals surface area contributed by atoms with Crippen molar-refractivity contribution >= 4 is 17.6 Å². The minimum atomic E-state index is -0.00208. The van der Waals surface area contributed by atoms with E-state index in [-0.39, 0.29) is 18.4 Å². The standard InChI is InChI=1S/C22H29N5O3/c1-4-21(28)25(5-2)16-22(29)27-13-11-26(12-14-27)20-10-9-19(23-24-20)17-7-6-8-18(15-17)30-3/h6-10,15H,4-5,11-14,16H2,1-3H3. The van der Waals surface area contributed by atoms with Gasteiger partial charge >= 0.3 is 0 Å². The van der Waals surface area contributed by atoms with Gasteiger partial charge in [0.2, 0.25) is 11.8 Å². The molecule has 0 aliphatic carbocycles. The summed E-state index contributed by atoms with van der Waals surface area (Å²) in [6, 6.07) is 11.6. The van der Waals surface area contributed by atoms with E-state index < -0.39 is 0 Å². The number of ether oxygens (including phenoxy) is 1. The van der Waals surface area contributed by atoms with E-state index in [0.717, 1.165) is 22.8 Å². The van der Waals surface area contributed by atoms with E-state index in [1.54, 1.807) is 12.0 Å². The first-order valence-electron chi connectivity index (χ1n) is 10.3. The second kappa shape index (κ2) is 10.0. The maximum absolute atomic E-state index is 12.6. The molecule has 0 bridgehead atoms. The van der Waals surface area contributed by atoms with Gasteiger partial charge in [0.15, 0.2) is 5.82 Å². The highest BCUT2D eigenvalue weighted by Gasteiger charge is 2.24. The average Bonchev–Trinajstić information content (AvgIpc) is 2.82. The van der Waals surface area contributed by atoms with Crippen LogP contribution < -0.4 is 9.64 Å². The molecule has 3 rings (SSSR count).